The highest BCUT2D eigenvalue weighted by atomic mass is 35.5. The molecule has 2 aromatic rings. The van der Waals surface area contributed by atoms with Gasteiger partial charge in [0.15, 0.2) is 0 Å². The Morgan fingerprint density at radius 2 is 2.05 bits per heavy atom. The minimum Gasteiger partial charge on any atom is -0.327 e. The molecule has 20 heavy (non-hydrogen) atoms. The zero-order valence-corrected chi connectivity index (χ0v) is 12.1. The normalized spacial score (nSPS) is 31.4. The van der Waals surface area contributed by atoms with Crippen LogP contribution in [0.2, 0.25) is 5.02 Å². The van der Waals surface area contributed by atoms with E-state index in [1.54, 1.807) is 4.80 Å². The first-order valence-corrected chi connectivity index (χ1v) is 7.44. The number of fused-ring (bicyclic) bond motifs is 1. The minimum absolute atomic E-state index is 0.216. The highest BCUT2D eigenvalue weighted by Crippen LogP contribution is 2.61. The Labute approximate surface area is 122 Å². The fourth-order valence-corrected chi connectivity index (χ4v) is 3.98. The third-order valence-electron chi connectivity index (χ3n) is 5.04. The molecule has 3 atom stereocenters. The van der Waals surface area contributed by atoms with E-state index in [4.69, 9.17) is 22.4 Å². The van der Waals surface area contributed by atoms with Crippen molar-refractivity contribution < 1.29 is 0 Å². The van der Waals surface area contributed by atoms with Gasteiger partial charge < -0.3 is 5.73 Å². The standard InChI is InChI=1S/C15H17ClN4/c1-9-14(15-7-6-12(15)13(17)8-15)19-20(18-9)11-4-2-10(16)3-5-11/h2-5,12-13H,6-8,17H2,1H3. The van der Waals surface area contributed by atoms with Crippen LogP contribution in [0.25, 0.3) is 5.69 Å². The molecule has 1 aromatic heterocycles. The van der Waals surface area contributed by atoms with Crippen molar-refractivity contribution in [2.45, 2.75) is 37.6 Å². The molecule has 2 saturated carbocycles. The first kappa shape index (κ1) is 12.4. The first-order chi connectivity index (χ1) is 9.60. The zero-order chi connectivity index (χ0) is 13.9. The van der Waals surface area contributed by atoms with E-state index in [-0.39, 0.29) is 5.41 Å². The van der Waals surface area contributed by atoms with Crippen LogP contribution in [0.1, 0.15) is 30.7 Å². The SMILES string of the molecule is Cc1nn(-c2ccc(Cl)cc2)nc1C12CCC1C(N)C2. The minimum atomic E-state index is 0.216. The summed E-state index contributed by atoms with van der Waals surface area (Å²) >= 11 is 5.92. The van der Waals surface area contributed by atoms with E-state index in [9.17, 15) is 0 Å². The summed E-state index contributed by atoms with van der Waals surface area (Å²) in [7, 11) is 0. The van der Waals surface area contributed by atoms with Crippen molar-refractivity contribution in [2.24, 2.45) is 11.7 Å². The average molecular weight is 289 g/mol. The second-order valence-corrected chi connectivity index (χ2v) is 6.51. The van der Waals surface area contributed by atoms with E-state index in [2.05, 4.69) is 5.10 Å². The van der Waals surface area contributed by atoms with Gasteiger partial charge in [-0.15, -0.1) is 0 Å². The lowest BCUT2D eigenvalue weighted by molar-refractivity contribution is -0.0233. The molecule has 0 saturated heterocycles. The van der Waals surface area contributed by atoms with Crippen LogP contribution in [0.4, 0.5) is 0 Å². The van der Waals surface area contributed by atoms with Crippen LogP contribution in [-0.2, 0) is 5.41 Å². The molecule has 2 N–H and O–H groups in total. The molecule has 1 heterocycles. The molecule has 0 aliphatic heterocycles. The summed E-state index contributed by atoms with van der Waals surface area (Å²) in [5.41, 5.74) is 9.43. The monoisotopic (exact) mass is 288 g/mol. The van der Waals surface area contributed by atoms with Crippen molar-refractivity contribution in [2.75, 3.05) is 0 Å². The first-order valence-electron chi connectivity index (χ1n) is 7.06. The van der Waals surface area contributed by atoms with Crippen LogP contribution < -0.4 is 5.73 Å². The maximum Gasteiger partial charge on any atom is 0.0926 e. The van der Waals surface area contributed by atoms with Gasteiger partial charge in [-0.25, -0.2) is 0 Å². The van der Waals surface area contributed by atoms with E-state index in [1.807, 2.05) is 31.2 Å². The Balaban J connectivity index is 1.72. The van der Waals surface area contributed by atoms with E-state index in [1.165, 1.54) is 12.8 Å². The number of nitrogens with zero attached hydrogens (tertiary/aromatic N) is 3. The lowest BCUT2D eigenvalue weighted by Crippen LogP contribution is -2.65. The van der Waals surface area contributed by atoms with Gasteiger partial charge in [0, 0.05) is 16.5 Å². The molecule has 4 nitrogen and oxygen atoms in total. The summed E-state index contributed by atoms with van der Waals surface area (Å²) < 4.78 is 0. The Morgan fingerprint density at radius 3 is 2.60 bits per heavy atom. The van der Waals surface area contributed by atoms with Crippen LogP contribution in [0.3, 0.4) is 0 Å². The van der Waals surface area contributed by atoms with Crippen molar-refractivity contribution in [3.63, 3.8) is 0 Å². The van der Waals surface area contributed by atoms with E-state index >= 15 is 0 Å². The zero-order valence-electron chi connectivity index (χ0n) is 11.4. The summed E-state index contributed by atoms with van der Waals surface area (Å²) in [5.74, 6) is 0.608. The van der Waals surface area contributed by atoms with Gasteiger partial charge in [0.25, 0.3) is 0 Å². The number of aromatic nitrogens is 3. The summed E-state index contributed by atoms with van der Waals surface area (Å²) in [4.78, 5) is 1.72. The van der Waals surface area contributed by atoms with Gasteiger partial charge in [-0.1, -0.05) is 11.6 Å². The molecule has 0 radical (unpaired) electrons. The van der Waals surface area contributed by atoms with Gasteiger partial charge >= 0.3 is 0 Å². The predicted molar refractivity (Wildman–Crippen MR) is 78.1 cm³/mol. The average Bonchev–Trinajstić information content (AvgIpc) is 2.78. The van der Waals surface area contributed by atoms with Crippen LogP contribution in [0.15, 0.2) is 24.3 Å². The molecule has 104 valence electrons. The molecule has 2 fully saturated rings. The fourth-order valence-electron chi connectivity index (χ4n) is 3.86. The Hall–Kier alpha value is -1.39. The van der Waals surface area contributed by atoms with Crippen LogP contribution >= 0.6 is 11.6 Å². The van der Waals surface area contributed by atoms with Crippen molar-refractivity contribution >= 4 is 11.6 Å². The second kappa shape index (κ2) is 4.06. The summed E-state index contributed by atoms with van der Waals surface area (Å²) in [6.45, 7) is 2.04. The Bertz CT molecular complexity index is 663. The van der Waals surface area contributed by atoms with Crippen molar-refractivity contribution in [1.82, 2.24) is 15.0 Å². The smallest absolute Gasteiger partial charge is 0.0926 e. The topological polar surface area (TPSA) is 56.7 Å². The predicted octanol–water partition coefficient (Wildman–Crippen LogP) is 2.61. The Kier molecular flexibility index (Phi) is 2.51. The van der Waals surface area contributed by atoms with Gasteiger partial charge in [-0.3, -0.25) is 0 Å². The summed E-state index contributed by atoms with van der Waals surface area (Å²) in [6.07, 6.45) is 3.48. The van der Waals surface area contributed by atoms with Gasteiger partial charge in [0.05, 0.1) is 17.1 Å². The highest BCUT2D eigenvalue weighted by Gasteiger charge is 2.61. The molecule has 3 unspecified atom stereocenters. The van der Waals surface area contributed by atoms with E-state index < -0.39 is 0 Å². The number of halogens is 1. The number of rotatable bonds is 2. The molecule has 2 aliphatic carbocycles. The van der Waals surface area contributed by atoms with Crippen molar-refractivity contribution in [3.05, 3.63) is 40.7 Å². The molecule has 0 amide bonds. The van der Waals surface area contributed by atoms with Crippen molar-refractivity contribution in [3.8, 4) is 5.69 Å². The van der Waals surface area contributed by atoms with E-state index in [0.29, 0.717) is 12.0 Å². The van der Waals surface area contributed by atoms with Gasteiger partial charge in [0.1, 0.15) is 0 Å². The molecule has 4 rings (SSSR count). The molecule has 1 aromatic carbocycles. The largest absolute Gasteiger partial charge is 0.327 e. The van der Waals surface area contributed by atoms with E-state index in [0.717, 1.165) is 28.5 Å². The number of nitrogens with two attached hydrogens (primary N) is 1. The molecule has 2 aliphatic rings. The van der Waals surface area contributed by atoms with Gasteiger partial charge in [0.2, 0.25) is 0 Å². The van der Waals surface area contributed by atoms with Gasteiger partial charge in [-0.05, 0) is 56.4 Å². The fraction of sp³-hybridized carbons (Fsp3) is 0.467. The van der Waals surface area contributed by atoms with Crippen LogP contribution in [0.5, 0.6) is 0 Å². The molecule has 0 bridgehead atoms. The number of hydrogen-bond donors (Lipinski definition) is 1. The lowest BCUT2D eigenvalue weighted by Gasteiger charge is -2.61. The van der Waals surface area contributed by atoms with Gasteiger partial charge in [-0.2, -0.15) is 15.0 Å². The molecule has 5 heteroatoms. The number of benzene rings is 1. The number of aryl methyl sites for hydroxylation is 1. The van der Waals surface area contributed by atoms with Crippen molar-refractivity contribution in [1.29, 1.82) is 0 Å². The quantitative estimate of drug-likeness (QED) is 0.924. The van der Waals surface area contributed by atoms with Crippen LogP contribution in [0, 0.1) is 12.8 Å². The third-order valence-corrected chi connectivity index (χ3v) is 5.29. The Morgan fingerprint density at radius 1 is 1.30 bits per heavy atom. The maximum absolute atomic E-state index is 6.10. The summed E-state index contributed by atoms with van der Waals surface area (Å²) in [5, 5.41) is 10.0. The lowest BCUT2D eigenvalue weighted by atomic mass is 9.44. The second-order valence-electron chi connectivity index (χ2n) is 6.07. The maximum atomic E-state index is 6.10. The number of hydrogen-bond acceptors (Lipinski definition) is 3. The molecule has 0 spiro atoms. The molecular weight excluding hydrogens is 272 g/mol. The third kappa shape index (κ3) is 1.52. The summed E-state index contributed by atoms with van der Waals surface area (Å²) in [6, 6.07) is 7.95. The highest BCUT2D eigenvalue weighted by molar-refractivity contribution is 6.30. The van der Waals surface area contributed by atoms with Crippen LogP contribution in [-0.4, -0.2) is 21.0 Å². The molecular formula is C15H17ClN4.